The van der Waals surface area contributed by atoms with Gasteiger partial charge in [-0.1, -0.05) is 29.8 Å². The minimum Gasteiger partial charge on any atom is -0.373 e. The Morgan fingerprint density at radius 3 is 2.79 bits per heavy atom. The van der Waals surface area contributed by atoms with Gasteiger partial charge in [-0.25, -0.2) is 9.18 Å². The average molecular weight is 402 g/mol. The maximum absolute atomic E-state index is 13.3. The molecule has 1 aliphatic rings. The lowest BCUT2D eigenvalue weighted by atomic mass is 9.96. The summed E-state index contributed by atoms with van der Waals surface area (Å²) in [7, 11) is 1.64. The van der Waals surface area contributed by atoms with Gasteiger partial charge in [0, 0.05) is 29.4 Å². The van der Waals surface area contributed by atoms with Gasteiger partial charge in [0.2, 0.25) is 0 Å². The molecule has 0 unspecified atom stereocenters. The second-order valence-corrected chi connectivity index (χ2v) is 7.00. The molecule has 0 spiro atoms. The Kier molecular flexibility index (Phi) is 4.78. The van der Waals surface area contributed by atoms with Crippen molar-refractivity contribution in [3.8, 4) is 0 Å². The molecule has 6 nitrogen and oxygen atoms in total. The summed E-state index contributed by atoms with van der Waals surface area (Å²) < 4.78 is 18.9. The van der Waals surface area contributed by atoms with E-state index in [9.17, 15) is 14.0 Å². The van der Waals surface area contributed by atoms with Crippen molar-refractivity contribution in [2.24, 2.45) is 0 Å². The number of urea groups is 1. The number of fused-ring (bicyclic) bond motifs is 3. The summed E-state index contributed by atoms with van der Waals surface area (Å²) in [5.74, 6) is -0.557. The number of hydrogen-bond donors (Lipinski definition) is 2. The Labute approximate surface area is 164 Å². The van der Waals surface area contributed by atoms with E-state index in [2.05, 4.69) is 10.3 Å². The van der Waals surface area contributed by atoms with Crippen molar-refractivity contribution >= 4 is 34.1 Å². The number of likely N-dealkylation sites (N-methyl/N-ethyl adjacent to an activating group) is 1. The highest BCUT2D eigenvalue weighted by molar-refractivity contribution is 6.31. The lowest BCUT2D eigenvalue weighted by Crippen LogP contribution is -2.39. The van der Waals surface area contributed by atoms with Gasteiger partial charge in [0.1, 0.15) is 5.82 Å². The number of H-pyrrole nitrogens is 1. The van der Waals surface area contributed by atoms with Crippen LogP contribution >= 0.6 is 11.6 Å². The number of anilines is 1. The maximum Gasteiger partial charge on any atom is 0.322 e. The number of pyridine rings is 1. The molecule has 0 aliphatic carbocycles. The van der Waals surface area contributed by atoms with Gasteiger partial charge >= 0.3 is 6.03 Å². The smallest absolute Gasteiger partial charge is 0.322 e. The van der Waals surface area contributed by atoms with Crippen LogP contribution < -0.4 is 10.9 Å². The van der Waals surface area contributed by atoms with Gasteiger partial charge < -0.3 is 19.9 Å². The van der Waals surface area contributed by atoms with Crippen LogP contribution in [0.1, 0.15) is 17.3 Å². The van der Waals surface area contributed by atoms with Crippen LogP contribution in [0.15, 0.2) is 47.3 Å². The Bertz CT molecular complexity index is 1130. The predicted molar refractivity (Wildman–Crippen MR) is 105 cm³/mol. The molecular formula is C20H17ClFN3O3. The molecule has 8 heteroatoms. The van der Waals surface area contributed by atoms with Crippen molar-refractivity contribution in [1.82, 2.24) is 9.88 Å². The Hall–Kier alpha value is -2.90. The number of carbonyl (C=O) groups excluding carboxylic acids is 1. The third kappa shape index (κ3) is 3.23. The number of ether oxygens (including phenoxy) is 1. The van der Waals surface area contributed by atoms with E-state index in [4.69, 9.17) is 16.3 Å². The largest absolute Gasteiger partial charge is 0.373 e. The molecule has 1 aromatic heterocycles. The molecule has 2 aromatic carbocycles. The number of aromatic amines is 1. The Morgan fingerprint density at radius 1 is 1.29 bits per heavy atom. The molecule has 0 fully saturated rings. The minimum atomic E-state index is -0.557. The third-order valence-electron chi connectivity index (χ3n) is 4.87. The summed E-state index contributed by atoms with van der Waals surface area (Å²) >= 11 is 5.78. The number of amides is 2. The van der Waals surface area contributed by atoms with E-state index >= 15 is 0 Å². The summed E-state index contributed by atoms with van der Waals surface area (Å²) in [6, 6.07) is 10.4. The molecule has 3 aromatic rings. The van der Waals surface area contributed by atoms with Gasteiger partial charge in [0.15, 0.2) is 0 Å². The molecule has 144 valence electrons. The third-order valence-corrected chi connectivity index (χ3v) is 5.16. The molecule has 4 rings (SSSR count). The van der Waals surface area contributed by atoms with Gasteiger partial charge in [0.25, 0.3) is 5.56 Å². The first-order chi connectivity index (χ1) is 13.5. The van der Waals surface area contributed by atoms with Crippen molar-refractivity contribution in [1.29, 1.82) is 0 Å². The lowest BCUT2D eigenvalue weighted by Gasteiger charge is -2.33. The van der Waals surface area contributed by atoms with Crippen molar-refractivity contribution < 1.29 is 13.9 Å². The van der Waals surface area contributed by atoms with E-state index in [0.29, 0.717) is 16.8 Å². The van der Waals surface area contributed by atoms with Crippen LogP contribution in [0.5, 0.6) is 0 Å². The molecule has 0 saturated heterocycles. The zero-order chi connectivity index (χ0) is 19.8. The molecule has 1 aliphatic heterocycles. The van der Waals surface area contributed by atoms with Crippen molar-refractivity contribution in [2.75, 3.05) is 19.0 Å². The topological polar surface area (TPSA) is 74.4 Å². The second kappa shape index (κ2) is 7.26. The fraction of sp³-hybridized carbons (Fsp3) is 0.200. The Balaban J connectivity index is 1.69. The first kappa shape index (κ1) is 18.5. The fourth-order valence-corrected chi connectivity index (χ4v) is 3.61. The van der Waals surface area contributed by atoms with Gasteiger partial charge in [-0.2, -0.15) is 0 Å². The minimum absolute atomic E-state index is 0.0737. The molecule has 0 bridgehead atoms. The normalized spacial score (nSPS) is 15.9. The quantitative estimate of drug-likeness (QED) is 0.680. The van der Waals surface area contributed by atoms with Crippen LogP contribution in [-0.2, 0) is 11.3 Å². The fourth-order valence-electron chi connectivity index (χ4n) is 3.43. The first-order valence-corrected chi connectivity index (χ1v) is 9.04. The monoisotopic (exact) mass is 401 g/mol. The van der Waals surface area contributed by atoms with Gasteiger partial charge in [-0.15, -0.1) is 0 Å². The van der Waals surface area contributed by atoms with Crippen LogP contribution in [-0.4, -0.2) is 29.6 Å². The maximum atomic E-state index is 13.3. The van der Waals surface area contributed by atoms with Crippen LogP contribution in [0.3, 0.4) is 0 Å². The molecule has 28 heavy (non-hydrogen) atoms. The molecule has 0 saturated carbocycles. The lowest BCUT2D eigenvalue weighted by molar-refractivity contribution is 0.0527. The summed E-state index contributed by atoms with van der Waals surface area (Å²) in [5.41, 5.74) is 1.71. The van der Waals surface area contributed by atoms with Crippen LogP contribution in [0.2, 0.25) is 5.02 Å². The van der Waals surface area contributed by atoms with Crippen LogP contribution in [0.4, 0.5) is 14.9 Å². The molecular weight excluding hydrogens is 385 g/mol. The van der Waals surface area contributed by atoms with Gasteiger partial charge in [-0.05, 0) is 29.7 Å². The molecule has 0 radical (unpaired) electrons. The predicted octanol–water partition coefficient (Wildman–Crippen LogP) is 4.06. The van der Waals surface area contributed by atoms with E-state index < -0.39 is 17.9 Å². The summed E-state index contributed by atoms with van der Waals surface area (Å²) in [6.45, 7) is 0.562. The van der Waals surface area contributed by atoms with Crippen molar-refractivity contribution in [2.45, 2.75) is 12.6 Å². The number of benzene rings is 2. The van der Waals surface area contributed by atoms with E-state index in [1.54, 1.807) is 19.2 Å². The highest BCUT2D eigenvalue weighted by Crippen LogP contribution is 2.33. The average Bonchev–Trinajstić information content (AvgIpc) is 2.70. The number of rotatable bonds is 2. The van der Waals surface area contributed by atoms with E-state index in [1.807, 2.05) is 12.1 Å². The van der Waals surface area contributed by atoms with Crippen molar-refractivity contribution in [3.63, 3.8) is 0 Å². The highest BCUT2D eigenvalue weighted by Gasteiger charge is 2.30. The van der Waals surface area contributed by atoms with Crippen LogP contribution in [0.25, 0.3) is 10.8 Å². The zero-order valence-electron chi connectivity index (χ0n) is 15.0. The number of aromatic nitrogens is 1. The summed E-state index contributed by atoms with van der Waals surface area (Å²) in [6.07, 6.45) is 0. The molecule has 1 atom stereocenters. The number of nitrogens with one attached hydrogen (secondary N) is 2. The Morgan fingerprint density at radius 2 is 2.04 bits per heavy atom. The number of halogens is 2. The van der Waals surface area contributed by atoms with E-state index in [-0.39, 0.29) is 23.8 Å². The zero-order valence-corrected chi connectivity index (χ0v) is 15.7. The first-order valence-electron chi connectivity index (χ1n) is 8.66. The molecule has 2 N–H and O–H groups in total. The second-order valence-electron chi connectivity index (χ2n) is 6.59. The molecule has 2 amide bonds. The SMILES string of the molecule is CN(C(=O)Nc1ccc(F)c(Cl)c1)[C@@H]1COCc2[nH]c(=O)c3ccccc3c21. The van der Waals surface area contributed by atoms with E-state index in [1.165, 1.54) is 23.1 Å². The highest BCUT2D eigenvalue weighted by atomic mass is 35.5. The number of hydrogen-bond acceptors (Lipinski definition) is 3. The standard InChI is InChI=1S/C20H17ClFN3O3/c1-25(20(27)23-11-6-7-15(22)14(21)8-11)17-10-28-9-16-18(17)12-4-2-3-5-13(12)19(26)24-16/h2-8,17H,9-10H2,1H3,(H,23,27)(H,24,26)/t17-/m1/s1. The summed E-state index contributed by atoms with van der Waals surface area (Å²) in [5, 5.41) is 3.99. The molecule has 2 heterocycles. The van der Waals surface area contributed by atoms with Gasteiger partial charge in [-0.3, -0.25) is 4.79 Å². The van der Waals surface area contributed by atoms with Gasteiger partial charge in [0.05, 0.1) is 24.3 Å². The number of nitrogens with zero attached hydrogens (tertiary/aromatic N) is 1. The van der Waals surface area contributed by atoms with Crippen molar-refractivity contribution in [3.05, 3.63) is 74.9 Å². The van der Waals surface area contributed by atoms with E-state index in [0.717, 1.165) is 10.9 Å². The number of carbonyl (C=O) groups is 1. The van der Waals surface area contributed by atoms with Crippen LogP contribution in [0, 0.1) is 5.82 Å². The summed E-state index contributed by atoms with van der Waals surface area (Å²) in [4.78, 5) is 29.4.